The summed E-state index contributed by atoms with van der Waals surface area (Å²) in [7, 11) is 1.60. The Morgan fingerprint density at radius 2 is 2.00 bits per heavy atom. The van der Waals surface area contributed by atoms with Gasteiger partial charge in [-0.1, -0.05) is 0 Å². The first-order valence-electron chi connectivity index (χ1n) is 5.86. The summed E-state index contributed by atoms with van der Waals surface area (Å²) in [6.45, 7) is 0. The van der Waals surface area contributed by atoms with E-state index in [9.17, 15) is 4.79 Å². The maximum Gasteiger partial charge on any atom is 0.323 e. The van der Waals surface area contributed by atoms with Crippen LogP contribution in [0.5, 0.6) is 11.5 Å². The van der Waals surface area contributed by atoms with Crippen LogP contribution >= 0.6 is 0 Å². The minimum absolute atomic E-state index is 0.139. The molecule has 0 aliphatic heterocycles. The number of benzene rings is 1. The fourth-order valence-electron chi connectivity index (χ4n) is 2.17. The van der Waals surface area contributed by atoms with Gasteiger partial charge in [0.25, 0.3) is 0 Å². The van der Waals surface area contributed by atoms with E-state index in [0.717, 1.165) is 5.75 Å². The van der Waals surface area contributed by atoms with E-state index in [1.54, 1.807) is 31.4 Å². The van der Waals surface area contributed by atoms with Gasteiger partial charge < -0.3 is 20.3 Å². The first-order valence-corrected chi connectivity index (χ1v) is 5.86. The van der Waals surface area contributed by atoms with E-state index in [-0.39, 0.29) is 6.10 Å². The fraction of sp³-hybridized carbons (Fsp3) is 0.462. The van der Waals surface area contributed by atoms with Crippen molar-refractivity contribution in [3.8, 4) is 11.5 Å². The van der Waals surface area contributed by atoms with Crippen LogP contribution in [-0.4, -0.2) is 29.8 Å². The van der Waals surface area contributed by atoms with Gasteiger partial charge in [0.05, 0.1) is 7.11 Å². The maximum atomic E-state index is 11.0. The fourth-order valence-corrected chi connectivity index (χ4v) is 2.17. The van der Waals surface area contributed by atoms with E-state index >= 15 is 0 Å². The lowest BCUT2D eigenvalue weighted by Gasteiger charge is -2.18. The highest BCUT2D eigenvalue weighted by Crippen LogP contribution is 2.31. The lowest BCUT2D eigenvalue weighted by atomic mass is 10.00. The summed E-state index contributed by atoms with van der Waals surface area (Å²) in [6, 6.07) is 7.21. The summed E-state index contributed by atoms with van der Waals surface area (Å²) < 4.78 is 10.8. The Labute approximate surface area is 106 Å². The first-order chi connectivity index (χ1) is 8.53. The van der Waals surface area contributed by atoms with Crippen molar-refractivity contribution in [2.45, 2.75) is 30.9 Å². The number of carbonyl (C=O) groups is 1. The summed E-state index contributed by atoms with van der Waals surface area (Å²) in [5.74, 6) is 0.506. The van der Waals surface area contributed by atoms with E-state index in [2.05, 4.69) is 0 Å². The second-order valence-electron chi connectivity index (χ2n) is 4.62. The highest BCUT2D eigenvalue weighted by Gasteiger charge is 2.43. The van der Waals surface area contributed by atoms with E-state index in [4.69, 9.17) is 20.3 Å². The van der Waals surface area contributed by atoms with Crippen molar-refractivity contribution in [2.75, 3.05) is 7.11 Å². The standard InChI is InChI=1S/C13H17NO4/c1-17-9-2-4-10(5-3-9)18-11-6-7-13(14,8-11)12(15)16/h2-5,11H,6-8,14H2,1H3,(H,15,16). The molecule has 0 saturated heterocycles. The molecular formula is C13H17NO4. The normalized spacial score (nSPS) is 26.9. The van der Waals surface area contributed by atoms with Crippen LogP contribution in [0.1, 0.15) is 19.3 Å². The molecule has 5 nitrogen and oxygen atoms in total. The predicted octanol–water partition coefficient (Wildman–Crippen LogP) is 1.41. The smallest absolute Gasteiger partial charge is 0.323 e. The molecule has 0 spiro atoms. The zero-order valence-electron chi connectivity index (χ0n) is 10.3. The first kappa shape index (κ1) is 12.7. The summed E-state index contributed by atoms with van der Waals surface area (Å²) in [5.41, 5.74) is 4.65. The van der Waals surface area contributed by atoms with Gasteiger partial charge in [0.1, 0.15) is 23.1 Å². The molecule has 1 saturated carbocycles. The Morgan fingerprint density at radius 3 is 2.50 bits per heavy atom. The molecule has 3 N–H and O–H groups in total. The molecule has 1 aliphatic rings. The van der Waals surface area contributed by atoms with Crippen molar-refractivity contribution >= 4 is 5.97 Å². The Hall–Kier alpha value is -1.75. The highest BCUT2D eigenvalue weighted by atomic mass is 16.5. The van der Waals surface area contributed by atoms with Crippen LogP contribution < -0.4 is 15.2 Å². The lowest BCUT2D eigenvalue weighted by Crippen LogP contribution is -2.46. The maximum absolute atomic E-state index is 11.0. The molecule has 18 heavy (non-hydrogen) atoms. The molecular weight excluding hydrogens is 234 g/mol. The SMILES string of the molecule is COc1ccc(OC2CCC(N)(C(=O)O)C2)cc1. The molecule has 1 aromatic carbocycles. The van der Waals surface area contributed by atoms with Crippen LogP contribution in [0.4, 0.5) is 0 Å². The summed E-state index contributed by atoms with van der Waals surface area (Å²) in [4.78, 5) is 11.0. The number of hydrogen-bond acceptors (Lipinski definition) is 4. The monoisotopic (exact) mass is 251 g/mol. The minimum atomic E-state index is -1.14. The van der Waals surface area contributed by atoms with Gasteiger partial charge in [-0.15, -0.1) is 0 Å². The van der Waals surface area contributed by atoms with Crippen LogP contribution in [0.25, 0.3) is 0 Å². The van der Waals surface area contributed by atoms with Crippen molar-refractivity contribution in [1.82, 2.24) is 0 Å². The average Bonchev–Trinajstić information content (AvgIpc) is 2.73. The third-order valence-electron chi connectivity index (χ3n) is 3.29. The molecule has 0 aromatic heterocycles. The van der Waals surface area contributed by atoms with Crippen molar-refractivity contribution in [3.05, 3.63) is 24.3 Å². The molecule has 0 bridgehead atoms. The van der Waals surface area contributed by atoms with E-state index in [0.29, 0.717) is 25.0 Å². The minimum Gasteiger partial charge on any atom is -0.497 e. The van der Waals surface area contributed by atoms with Crippen molar-refractivity contribution in [1.29, 1.82) is 0 Å². The van der Waals surface area contributed by atoms with Crippen LogP contribution in [0.3, 0.4) is 0 Å². The summed E-state index contributed by atoms with van der Waals surface area (Å²) in [6.07, 6.45) is 1.31. The number of nitrogens with two attached hydrogens (primary N) is 1. The summed E-state index contributed by atoms with van der Waals surface area (Å²) >= 11 is 0. The van der Waals surface area contributed by atoms with E-state index in [1.165, 1.54) is 0 Å². The predicted molar refractivity (Wildman–Crippen MR) is 65.8 cm³/mol. The number of carboxylic acid groups (broad SMARTS) is 1. The topological polar surface area (TPSA) is 81.8 Å². The van der Waals surface area contributed by atoms with Crippen LogP contribution in [0.15, 0.2) is 24.3 Å². The van der Waals surface area contributed by atoms with Gasteiger partial charge in [0, 0.05) is 6.42 Å². The van der Waals surface area contributed by atoms with Gasteiger partial charge in [-0.3, -0.25) is 4.79 Å². The second-order valence-corrected chi connectivity index (χ2v) is 4.62. The number of carboxylic acids is 1. The van der Waals surface area contributed by atoms with Crippen LogP contribution in [-0.2, 0) is 4.79 Å². The molecule has 0 amide bonds. The number of ether oxygens (including phenoxy) is 2. The zero-order valence-corrected chi connectivity index (χ0v) is 10.3. The Balaban J connectivity index is 1.97. The Morgan fingerprint density at radius 1 is 1.39 bits per heavy atom. The third kappa shape index (κ3) is 2.56. The number of aliphatic carboxylic acids is 1. The summed E-state index contributed by atoms with van der Waals surface area (Å²) in [5, 5.41) is 9.03. The largest absolute Gasteiger partial charge is 0.497 e. The molecule has 0 heterocycles. The number of rotatable bonds is 4. The molecule has 98 valence electrons. The zero-order chi connectivity index (χ0) is 13.2. The van der Waals surface area contributed by atoms with Gasteiger partial charge in [0.15, 0.2) is 0 Å². The molecule has 1 aromatic rings. The molecule has 0 radical (unpaired) electrons. The van der Waals surface area contributed by atoms with E-state index in [1.807, 2.05) is 0 Å². The van der Waals surface area contributed by atoms with Crippen molar-refractivity contribution in [3.63, 3.8) is 0 Å². The lowest BCUT2D eigenvalue weighted by molar-refractivity contribution is -0.143. The number of methoxy groups -OCH3 is 1. The number of hydrogen-bond donors (Lipinski definition) is 2. The van der Waals surface area contributed by atoms with Crippen LogP contribution in [0.2, 0.25) is 0 Å². The third-order valence-corrected chi connectivity index (χ3v) is 3.29. The van der Waals surface area contributed by atoms with Gasteiger partial charge >= 0.3 is 5.97 Å². The quantitative estimate of drug-likeness (QED) is 0.845. The Bertz CT molecular complexity index is 431. The molecule has 2 atom stereocenters. The van der Waals surface area contributed by atoms with Crippen molar-refractivity contribution in [2.24, 2.45) is 5.73 Å². The second kappa shape index (κ2) is 4.86. The Kier molecular flexibility index (Phi) is 3.43. The molecule has 2 rings (SSSR count). The van der Waals surface area contributed by atoms with Gasteiger partial charge in [-0.05, 0) is 37.1 Å². The molecule has 2 unspecified atom stereocenters. The van der Waals surface area contributed by atoms with Crippen molar-refractivity contribution < 1.29 is 19.4 Å². The highest BCUT2D eigenvalue weighted by molar-refractivity contribution is 5.79. The molecule has 5 heteroatoms. The average molecular weight is 251 g/mol. The van der Waals surface area contributed by atoms with E-state index < -0.39 is 11.5 Å². The molecule has 1 aliphatic carbocycles. The van der Waals surface area contributed by atoms with Gasteiger partial charge in [-0.2, -0.15) is 0 Å². The van der Waals surface area contributed by atoms with Gasteiger partial charge in [-0.25, -0.2) is 0 Å². The van der Waals surface area contributed by atoms with Crippen LogP contribution in [0, 0.1) is 0 Å². The van der Waals surface area contributed by atoms with Gasteiger partial charge in [0.2, 0.25) is 0 Å². The molecule has 1 fully saturated rings.